The summed E-state index contributed by atoms with van der Waals surface area (Å²) in [6.45, 7) is 2.33. The number of carbonyl (C=O) groups excluding carboxylic acids is 1. The summed E-state index contributed by atoms with van der Waals surface area (Å²) >= 11 is 0. The number of rotatable bonds is 2. The van der Waals surface area contributed by atoms with Crippen LogP contribution in [-0.2, 0) is 0 Å². The molecule has 1 aromatic heterocycles. The third-order valence-corrected chi connectivity index (χ3v) is 1.53. The van der Waals surface area contributed by atoms with Crippen molar-refractivity contribution in [1.29, 1.82) is 5.41 Å². The summed E-state index contributed by atoms with van der Waals surface area (Å²) in [6, 6.07) is 3.01. The second-order valence-electron chi connectivity index (χ2n) is 2.72. The normalized spacial score (nSPS) is 9.13. The minimum atomic E-state index is -0.399. The van der Waals surface area contributed by atoms with E-state index in [1.54, 1.807) is 31.5 Å². The number of guanidine groups is 1. The molecular weight excluding hydrogens is 194 g/mol. The fraction of sp³-hybridized carbons (Fsp3) is 0.222. The summed E-state index contributed by atoms with van der Waals surface area (Å²) in [5.74, 6) is -0.0767. The van der Waals surface area contributed by atoms with E-state index in [1.165, 1.54) is 0 Å². The first-order chi connectivity index (χ1) is 7.22. The van der Waals surface area contributed by atoms with Crippen LogP contribution >= 0.6 is 0 Å². The monoisotopic (exact) mass is 207 g/mol. The van der Waals surface area contributed by atoms with Crippen LogP contribution < -0.4 is 16.0 Å². The third-order valence-electron chi connectivity index (χ3n) is 1.53. The van der Waals surface area contributed by atoms with Crippen molar-refractivity contribution in [3.8, 4) is 0 Å². The molecule has 0 bridgehead atoms. The lowest BCUT2D eigenvalue weighted by Gasteiger charge is -2.08. The van der Waals surface area contributed by atoms with Crippen LogP contribution in [0.1, 0.15) is 6.92 Å². The van der Waals surface area contributed by atoms with Crippen LogP contribution in [0.5, 0.6) is 0 Å². The lowest BCUT2D eigenvalue weighted by atomic mass is 10.4. The molecule has 0 spiro atoms. The molecule has 0 fully saturated rings. The standard InChI is InChI=1S/C9H13N5O/c1-2-12-9(15)14-8(10)13-7-3-5-11-6-4-7/h3-6H,2H2,1H3,(H4,10,11,12,13,14,15). The van der Waals surface area contributed by atoms with Gasteiger partial charge in [0, 0.05) is 24.6 Å². The Balaban J connectivity index is 2.40. The van der Waals surface area contributed by atoms with E-state index in [0.717, 1.165) is 0 Å². The predicted molar refractivity (Wildman–Crippen MR) is 57.8 cm³/mol. The zero-order valence-corrected chi connectivity index (χ0v) is 8.37. The molecule has 15 heavy (non-hydrogen) atoms. The van der Waals surface area contributed by atoms with Gasteiger partial charge in [0.2, 0.25) is 5.96 Å². The largest absolute Gasteiger partial charge is 0.338 e. The fourth-order valence-electron chi connectivity index (χ4n) is 0.929. The molecule has 1 aromatic rings. The molecule has 0 radical (unpaired) electrons. The van der Waals surface area contributed by atoms with Gasteiger partial charge in [-0.15, -0.1) is 0 Å². The van der Waals surface area contributed by atoms with E-state index in [2.05, 4.69) is 20.9 Å². The molecule has 6 nitrogen and oxygen atoms in total. The van der Waals surface area contributed by atoms with Gasteiger partial charge in [-0.1, -0.05) is 0 Å². The quantitative estimate of drug-likeness (QED) is 0.426. The molecule has 1 rings (SSSR count). The van der Waals surface area contributed by atoms with Gasteiger partial charge >= 0.3 is 6.03 Å². The Kier molecular flexibility index (Phi) is 4.08. The van der Waals surface area contributed by atoms with Crippen molar-refractivity contribution in [2.75, 3.05) is 11.9 Å². The molecule has 80 valence electrons. The highest BCUT2D eigenvalue weighted by Crippen LogP contribution is 2.01. The van der Waals surface area contributed by atoms with Gasteiger partial charge in [0.25, 0.3) is 0 Å². The van der Waals surface area contributed by atoms with Crippen LogP contribution in [0.15, 0.2) is 24.5 Å². The Hall–Kier alpha value is -2.11. The van der Waals surface area contributed by atoms with Crippen LogP contribution in [0.25, 0.3) is 0 Å². The number of hydrogen-bond acceptors (Lipinski definition) is 3. The van der Waals surface area contributed by atoms with E-state index in [9.17, 15) is 4.79 Å². The van der Waals surface area contributed by atoms with Crippen molar-refractivity contribution in [2.24, 2.45) is 0 Å². The Morgan fingerprint density at radius 1 is 1.47 bits per heavy atom. The van der Waals surface area contributed by atoms with Crippen molar-refractivity contribution in [1.82, 2.24) is 15.6 Å². The van der Waals surface area contributed by atoms with E-state index in [4.69, 9.17) is 5.41 Å². The highest BCUT2D eigenvalue weighted by atomic mass is 16.2. The molecule has 0 unspecified atom stereocenters. The molecule has 0 aromatic carbocycles. The van der Waals surface area contributed by atoms with Gasteiger partial charge in [0.15, 0.2) is 0 Å². The maximum atomic E-state index is 11.0. The SMILES string of the molecule is CCNC(=O)NC(=N)Nc1ccncc1. The molecule has 1 heterocycles. The van der Waals surface area contributed by atoms with Crippen molar-refractivity contribution >= 4 is 17.7 Å². The van der Waals surface area contributed by atoms with Gasteiger partial charge in [-0.2, -0.15) is 0 Å². The number of pyridine rings is 1. The number of carbonyl (C=O) groups is 1. The van der Waals surface area contributed by atoms with Gasteiger partial charge in [-0.25, -0.2) is 4.79 Å². The smallest absolute Gasteiger partial charge is 0.321 e. The first kappa shape index (κ1) is 11.0. The van der Waals surface area contributed by atoms with Crippen LogP contribution in [0.4, 0.5) is 10.5 Å². The molecule has 0 atom stereocenters. The maximum Gasteiger partial charge on any atom is 0.321 e. The summed E-state index contributed by atoms with van der Waals surface area (Å²) in [6.07, 6.45) is 3.20. The average molecular weight is 207 g/mol. The lowest BCUT2D eigenvalue weighted by Crippen LogP contribution is -2.41. The zero-order valence-electron chi connectivity index (χ0n) is 8.37. The van der Waals surface area contributed by atoms with Gasteiger partial charge in [0.1, 0.15) is 0 Å². The molecule has 0 saturated heterocycles. The Bertz CT molecular complexity index is 338. The summed E-state index contributed by atoms with van der Waals surface area (Å²) in [4.78, 5) is 14.9. The summed E-state index contributed by atoms with van der Waals surface area (Å²) in [7, 11) is 0. The van der Waals surface area contributed by atoms with Crippen LogP contribution in [0, 0.1) is 5.41 Å². The van der Waals surface area contributed by atoms with Crippen molar-refractivity contribution < 1.29 is 4.79 Å². The summed E-state index contributed by atoms with van der Waals surface area (Å²) in [5.41, 5.74) is 0.701. The summed E-state index contributed by atoms with van der Waals surface area (Å²) < 4.78 is 0. The van der Waals surface area contributed by atoms with Gasteiger partial charge in [0.05, 0.1) is 0 Å². The molecular formula is C9H13N5O. The molecule has 0 aliphatic rings. The number of hydrogen-bond donors (Lipinski definition) is 4. The van der Waals surface area contributed by atoms with E-state index in [-0.39, 0.29) is 5.96 Å². The average Bonchev–Trinajstić information content (AvgIpc) is 2.19. The van der Waals surface area contributed by atoms with Crippen molar-refractivity contribution in [2.45, 2.75) is 6.92 Å². The van der Waals surface area contributed by atoms with Gasteiger partial charge in [-0.3, -0.25) is 15.7 Å². The molecule has 0 saturated carbocycles. The van der Waals surface area contributed by atoms with Crippen LogP contribution in [0.3, 0.4) is 0 Å². The second-order valence-corrected chi connectivity index (χ2v) is 2.72. The molecule has 0 aliphatic carbocycles. The van der Waals surface area contributed by atoms with Crippen LogP contribution in [0.2, 0.25) is 0 Å². The number of aromatic nitrogens is 1. The van der Waals surface area contributed by atoms with Gasteiger partial charge in [-0.05, 0) is 19.1 Å². The minimum absolute atomic E-state index is 0.0767. The van der Waals surface area contributed by atoms with E-state index >= 15 is 0 Å². The highest BCUT2D eigenvalue weighted by molar-refractivity contribution is 6.01. The number of nitrogens with one attached hydrogen (secondary N) is 4. The van der Waals surface area contributed by atoms with Crippen LogP contribution in [-0.4, -0.2) is 23.5 Å². The summed E-state index contributed by atoms with van der Waals surface area (Å²) in [5, 5.41) is 15.0. The molecule has 6 heteroatoms. The molecule has 4 N–H and O–H groups in total. The maximum absolute atomic E-state index is 11.0. The van der Waals surface area contributed by atoms with Crippen molar-refractivity contribution in [3.05, 3.63) is 24.5 Å². The minimum Gasteiger partial charge on any atom is -0.338 e. The first-order valence-electron chi connectivity index (χ1n) is 4.53. The Labute approximate surface area is 87.6 Å². The Morgan fingerprint density at radius 3 is 2.73 bits per heavy atom. The first-order valence-corrected chi connectivity index (χ1v) is 4.53. The number of anilines is 1. The van der Waals surface area contributed by atoms with Crippen molar-refractivity contribution in [3.63, 3.8) is 0 Å². The van der Waals surface area contributed by atoms with E-state index in [1.807, 2.05) is 0 Å². The third kappa shape index (κ3) is 4.08. The number of urea groups is 1. The predicted octanol–water partition coefficient (Wildman–Crippen LogP) is 0.747. The zero-order chi connectivity index (χ0) is 11.1. The molecule has 2 amide bonds. The number of amides is 2. The second kappa shape index (κ2) is 5.58. The fourth-order valence-corrected chi connectivity index (χ4v) is 0.929. The van der Waals surface area contributed by atoms with E-state index < -0.39 is 6.03 Å². The van der Waals surface area contributed by atoms with E-state index in [0.29, 0.717) is 12.2 Å². The Morgan fingerprint density at radius 2 is 2.13 bits per heavy atom. The number of nitrogens with zero attached hydrogens (tertiary/aromatic N) is 1. The molecule has 0 aliphatic heterocycles. The van der Waals surface area contributed by atoms with Gasteiger partial charge < -0.3 is 10.6 Å². The highest BCUT2D eigenvalue weighted by Gasteiger charge is 2.01. The lowest BCUT2D eigenvalue weighted by molar-refractivity contribution is 0.246. The topological polar surface area (TPSA) is 89.9 Å².